The van der Waals surface area contributed by atoms with Crippen molar-refractivity contribution in [3.05, 3.63) is 65.8 Å². The lowest BCUT2D eigenvalue weighted by Gasteiger charge is -2.10. The summed E-state index contributed by atoms with van der Waals surface area (Å²) < 4.78 is 4.69. The molecule has 1 aromatic rings. The van der Waals surface area contributed by atoms with Gasteiger partial charge in [-0.05, 0) is 42.4 Å². The second kappa shape index (κ2) is 17.2. The van der Waals surface area contributed by atoms with Gasteiger partial charge in [0.05, 0.1) is 0 Å². The third kappa shape index (κ3) is 10.5. The molecule has 0 saturated heterocycles. The number of nitriles is 1. The molecule has 27 heavy (non-hydrogen) atoms. The Morgan fingerprint density at radius 3 is 2.41 bits per heavy atom. The van der Waals surface area contributed by atoms with Crippen LogP contribution in [0.2, 0.25) is 0 Å². The topological polar surface area (TPSA) is 33.0 Å². The minimum Gasteiger partial charge on any atom is -0.427 e. The van der Waals surface area contributed by atoms with Gasteiger partial charge in [-0.15, -0.1) is 0 Å². The number of ether oxygens (including phenoxy) is 1. The Hall–Kier alpha value is -2.27. The predicted molar refractivity (Wildman–Crippen MR) is 118 cm³/mol. The highest BCUT2D eigenvalue weighted by molar-refractivity contribution is 5.80. The van der Waals surface area contributed by atoms with Crippen LogP contribution in [0.5, 0.6) is 0 Å². The summed E-state index contributed by atoms with van der Waals surface area (Å²) >= 11 is 0. The molecule has 0 spiro atoms. The maximum atomic E-state index is 8.16. The van der Waals surface area contributed by atoms with Gasteiger partial charge in [0.15, 0.2) is 0 Å². The van der Waals surface area contributed by atoms with Gasteiger partial charge in [0.2, 0.25) is 0 Å². The molecule has 1 aromatic carbocycles. The number of rotatable bonds is 8. The summed E-state index contributed by atoms with van der Waals surface area (Å²) in [4.78, 5) is 0. The minimum atomic E-state index is 0.578. The number of nitrogens with zero attached hydrogens (tertiary/aromatic N) is 1. The quantitative estimate of drug-likeness (QED) is 0.441. The average Bonchev–Trinajstić information content (AvgIpc) is 3.26. The molecule has 2 heteroatoms. The Bertz CT molecular complexity index is 605. The van der Waals surface area contributed by atoms with E-state index in [1.807, 2.05) is 13.8 Å². The van der Waals surface area contributed by atoms with Crippen LogP contribution in [0.15, 0.2) is 60.2 Å². The van der Waals surface area contributed by atoms with Crippen LogP contribution in [0.25, 0.3) is 5.57 Å². The van der Waals surface area contributed by atoms with Crippen LogP contribution in [0, 0.1) is 17.4 Å². The van der Waals surface area contributed by atoms with Gasteiger partial charge < -0.3 is 4.74 Å². The molecule has 0 N–H and O–H groups in total. The van der Waals surface area contributed by atoms with Gasteiger partial charge in [-0.25, -0.2) is 0 Å². The van der Waals surface area contributed by atoms with E-state index in [-0.39, 0.29) is 0 Å². The van der Waals surface area contributed by atoms with Gasteiger partial charge in [0.1, 0.15) is 6.61 Å². The molecular formula is C25H37NO. The van der Waals surface area contributed by atoms with Gasteiger partial charge in [-0.3, -0.25) is 0 Å². The molecule has 1 aliphatic carbocycles. The number of allylic oxidation sites excluding steroid dienone is 6. The van der Waals surface area contributed by atoms with Crippen molar-refractivity contribution in [1.29, 1.82) is 5.26 Å². The molecule has 2 rings (SSSR count). The van der Waals surface area contributed by atoms with E-state index < -0.39 is 0 Å². The Labute approximate surface area is 167 Å². The number of hydrogen-bond acceptors (Lipinski definition) is 2. The van der Waals surface area contributed by atoms with E-state index in [1.54, 1.807) is 6.26 Å². The van der Waals surface area contributed by atoms with Gasteiger partial charge >= 0.3 is 0 Å². The molecule has 0 amide bonds. The van der Waals surface area contributed by atoms with Gasteiger partial charge in [-0.1, -0.05) is 102 Å². The molecule has 148 valence electrons. The van der Waals surface area contributed by atoms with Gasteiger partial charge in [-0.2, -0.15) is 5.26 Å². The molecule has 0 radical (unpaired) electrons. The van der Waals surface area contributed by atoms with Crippen molar-refractivity contribution >= 4 is 5.57 Å². The molecule has 0 saturated carbocycles. The van der Waals surface area contributed by atoms with Crippen molar-refractivity contribution in [1.82, 2.24) is 0 Å². The zero-order chi connectivity index (χ0) is 20.3. The summed E-state index contributed by atoms with van der Waals surface area (Å²) in [7, 11) is 0. The third-order valence-corrected chi connectivity index (χ3v) is 4.42. The number of hydrogen-bond donors (Lipinski definition) is 0. The molecule has 1 unspecified atom stereocenters. The van der Waals surface area contributed by atoms with Gasteiger partial charge in [0.25, 0.3) is 6.26 Å². The lowest BCUT2D eigenvalue weighted by atomic mass is 9.97. The highest BCUT2D eigenvalue weighted by atomic mass is 16.5. The molecule has 0 aliphatic heterocycles. The Balaban J connectivity index is 0.000000473. The van der Waals surface area contributed by atoms with E-state index in [4.69, 9.17) is 5.26 Å². The molecule has 0 heterocycles. The normalized spacial score (nSPS) is 13.3. The molecule has 1 atom stereocenters. The van der Waals surface area contributed by atoms with Crippen LogP contribution in [0.1, 0.15) is 72.3 Å². The van der Waals surface area contributed by atoms with Crippen molar-refractivity contribution in [2.24, 2.45) is 5.92 Å². The first-order valence-corrected chi connectivity index (χ1v) is 10.3. The summed E-state index contributed by atoms with van der Waals surface area (Å²) in [6, 6.07) is 10.5. The zero-order valence-corrected chi connectivity index (χ0v) is 17.9. The fourth-order valence-electron chi connectivity index (χ4n) is 2.86. The highest BCUT2D eigenvalue weighted by Crippen LogP contribution is 2.28. The molecular weight excluding hydrogens is 330 g/mol. The Kier molecular flexibility index (Phi) is 15.7. The summed E-state index contributed by atoms with van der Waals surface area (Å²) in [5, 5.41) is 8.16. The Morgan fingerprint density at radius 2 is 1.93 bits per heavy atom. The monoisotopic (exact) mass is 367 g/mol. The highest BCUT2D eigenvalue weighted by Gasteiger charge is 2.07. The first-order valence-electron chi connectivity index (χ1n) is 10.3. The van der Waals surface area contributed by atoms with Crippen molar-refractivity contribution in [2.45, 2.75) is 66.7 Å². The van der Waals surface area contributed by atoms with Crippen LogP contribution < -0.4 is 0 Å². The van der Waals surface area contributed by atoms with E-state index >= 15 is 0 Å². The fraction of sp³-hybridized carbons (Fsp3) is 0.480. The summed E-state index contributed by atoms with van der Waals surface area (Å²) in [6.45, 7) is 11.0. The smallest absolute Gasteiger partial charge is 0.286 e. The van der Waals surface area contributed by atoms with Crippen LogP contribution in [-0.4, -0.2) is 6.61 Å². The van der Waals surface area contributed by atoms with E-state index in [0.29, 0.717) is 12.5 Å². The van der Waals surface area contributed by atoms with Crippen molar-refractivity contribution < 1.29 is 4.74 Å². The summed E-state index contributed by atoms with van der Waals surface area (Å²) in [5.74, 6) is 0.578. The lowest BCUT2D eigenvalue weighted by molar-refractivity contribution is 0.198. The van der Waals surface area contributed by atoms with E-state index in [2.05, 4.69) is 80.1 Å². The zero-order valence-electron chi connectivity index (χ0n) is 17.9. The summed E-state index contributed by atoms with van der Waals surface area (Å²) in [6.07, 6.45) is 16.3. The fourth-order valence-corrected chi connectivity index (χ4v) is 2.86. The molecule has 0 aromatic heterocycles. The van der Waals surface area contributed by atoms with Crippen molar-refractivity contribution in [2.75, 3.05) is 6.61 Å². The molecule has 2 nitrogen and oxygen atoms in total. The van der Waals surface area contributed by atoms with E-state index in [0.717, 1.165) is 12.8 Å². The first-order chi connectivity index (χ1) is 13.3. The van der Waals surface area contributed by atoms with Crippen LogP contribution in [-0.2, 0) is 4.74 Å². The van der Waals surface area contributed by atoms with E-state index in [1.165, 1.54) is 36.0 Å². The predicted octanol–water partition coefficient (Wildman–Crippen LogP) is 7.70. The number of unbranched alkanes of at least 4 members (excludes halogenated alkanes) is 1. The molecule has 0 bridgehead atoms. The SMILES string of the molecule is C/C=C(/C1=CC=CC1)c1ccccc1.CC.CCCCC(CC)COC#N. The average molecular weight is 368 g/mol. The largest absolute Gasteiger partial charge is 0.427 e. The number of benzene rings is 1. The summed E-state index contributed by atoms with van der Waals surface area (Å²) in [5.41, 5.74) is 4.08. The van der Waals surface area contributed by atoms with Crippen LogP contribution in [0.3, 0.4) is 0 Å². The first kappa shape index (κ1) is 24.7. The van der Waals surface area contributed by atoms with Gasteiger partial charge in [0, 0.05) is 0 Å². The second-order valence-electron chi connectivity index (χ2n) is 6.21. The third-order valence-electron chi connectivity index (χ3n) is 4.42. The Morgan fingerprint density at radius 1 is 1.22 bits per heavy atom. The minimum absolute atomic E-state index is 0.578. The van der Waals surface area contributed by atoms with Crippen LogP contribution in [0.4, 0.5) is 0 Å². The van der Waals surface area contributed by atoms with Crippen molar-refractivity contribution in [3.8, 4) is 6.26 Å². The second-order valence-corrected chi connectivity index (χ2v) is 6.21. The standard InChI is InChI=1S/C14H14.C9H17NO.C2H6/c1-2-14(13-10-6-7-11-13)12-8-4-3-5-9-12;1-3-5-6-9(4-2)7-11-8-10;1-2/h2-10H,11H2,1H3;9H,3-7H2,1-2H3;1-2H3/b14-2+;;. The maximum absolute atomic E-state index is 8.16. The maximum Gasteiger partial charge on any atom is 0.286 e. The molecule has 1 aliphatic rings. The van der Waals surface area contributed by atoms with Crippen LogP contribution >= 0.6 is 0 Å². The lowest BCUT2D eigenvalue weighted by Crippen LogP contribution is -2.06. The van der Waals surface area contributed by atoms with Crippen molar-refractivity contribution in [3.63, 3.8) is 0 Å². The molecule has 0 fully saturated rings. The van der Waals surface area contributed by atoms with E-state index in [9.17, 15) is 0 Å².